The normalized spacial score (nSPS) is 27.3. The van der Waals surface area contributed by atoms with Gasteiger partial charge in [-0.25, -0.2) is 0 Å². The minimum Gasteiger partial charge on any atom is -0.375 e. The largest absolute Gasteiger partial charge is 0.375 e. The predicted octanol–water partition coefficient (Wildman–Crippen LogP) is 6.07. The van der Waals surface area contributed by atoms with Crippen molar-refractivity contribution >= 4 is 0 Å². The van der Waals surface area contributed by atoms with E-state index in [0.29, 0.717) is 0 Å². The molecule has 120 valence electrons. The van der Waals surface area contributed by atoms with E-state index < -0.39 is 0 Å². The first-order chi connectivity index (χ1) is 9.32. The van der Waals surface area contributed by atoms with Crippen LogP contribution in [0.5, 0.6) is 0 Å². The molecule has 0 aromatic rings. The summed E-state index contributed by atoms with van der Waals surface area (Å²) in [6, 6.07) is 0. The second-order valence-corrected chi connectivity index (χ2v) is 8.26. The molecule has 1 saturated heterocycles. The SMILES string of the molecule is CC(C)C1CCC(C)(C)OC1.CC(C)C1CCCCC1. The van der Waals surface area contributed by atoms with Gasteiger partial charge < -0.3 is 4.74 Å². The molecule has 2 fully saturated rings. The Morgan fingerprint density at radius 2 is 1.35 bits per heavy atom. The number of rotatable bonds is 2. The van der Waals surface area contributed by atoms with Crippen molar-refractivity contribution in [3.8, 4) is 0 Å². The number of hydrogen-bond acceptors (Lipinski definition) is 1. The molecule has 1 heterocycles. The second kappa shape index (κ2) is 8.41. The summed E-state index contributed by atoms with van der Waals surface area (Å²) in [6.45, 7) is 14.6. The van der Waals surface area contributed by atoms with Crippen molar-refractivity contribution < 1.29 is 4.74 Å². The molecular weight excluding hydrogens is 244 g/mol. The summed E-state index contributed by atoms with van der Waals surface area (Å²) in [5, 5.41) is 0. The summed E-state index contributed by atoms with van der Waals surface area (Å²) >= 11 is 0. The molecule has 2 aliphatic rings. The van der Waals surface area contributed by atoms with Gasteiger partial charge in [-0.2, -0.15) is 0 Å². The van der Waals surface area contributed by atoms with Crippen molar-refractivity contribution in [1.82, 2.24) is 0 Å². The maximum Gasteiger partial charge on any atom is 0.0626 e. The van der Waals surface area contributed by atoms with E-state index in [1.807, 2.05) is 0 Å². The zero-order chi connectivity index (χ0) is 15.2. The highest BCUT2D eigenvalue weighted by molar-refractivity contribution is 4.78. The van der Waals surface area contributed by atoms with Crippen molar-refractivity contribution in [3.05, 3.63) is 0 Å². The van der Waals surface area contributed by atoms with E-state index in [2.05, 4.69) is 41.5 Å². The predicted molar refractivity (Wildman–Crippen MR) is 89.0 cm³/mol. The fourth-order valence-electron chi connectivity index (χ4n) is 3.35. The lowest BCUT2D eigenvalue weighted by Gasteiger charge is -2.36. The molecule has 0 radical (unpaired) electrons. The van der Waals surface area contributed by atoms with Gasteiger partial charge in [-0.3, -0.25) is 0 Å². The third kappa shape index (κ3) is 6.61. The smallest absolute Gasteiger partial charge is 0.0626 e. The van der Waals surface area contributed by atoms with Gasteiger partial charge in [0.2, 0.25) is 0 Å². The van der Waals surface area contributed by atoms with E-state index in [4.69, 9.17) is 4.74 Å². The Bertz CT molecular complexity index is 238. The first-order valence-corrected chi connectivity index (χ1v) is 8.96. The highest BCUT2D eigenvalue weighted by Crippen LogP contribution is 2.31. The first kappa shape index (κ1) is 18.0. The van der Waals surface area contributed by atoms with Gasteiger partial charge in [-0.05, 0) is 50.4 Å². The molecule has 0 bridgehead atoms. The first-order valence-electron chi connectivity index (χ1n) is 8.96. The van der Waals surface area contributed by atoms with Crippen LogP contribution in [0.1, 0.15) is 86.5 Å². The van der Waals surface area contributed by atoms with Crippen molar-refractivity contribution in [2.75, 3.05) is 6.61 Å². The van der Waals surface area contributed by atoms with Gasteiger partial charge in [0.15, 0.2) is 0 Å². The van der Waals surface area contributed by atoms with E-state index in [9.17, 15) is 0 Å². The minimum absolute atomic E-state index is 0.144. The van der Waals surface area contributed by atoms with Gasteiger partial charge in [0.25, 0.3) is 0 Å². The summed E-state index contributed by atoms with van der Waals surface area (Å²) in [5.74, 6) is 3.57. The quantitative estimate of drug-likeness (QED) is 0.597. The Labute approximate surface area is 127 Å². The van der Waals surface area contributed by atoms with Crippen LogP contribution >= 0.6 is 0 Å². The molecule has 1 aliphatic carbocycles. The van der Waals surface area contributed by atoms with Crippen LogP contribution in [0.25, 0.3) is 0 Å². The summed E-state index contributed by atoms with van der Waals surface area (Å²) in [7, 11) is 0. The molecule has 1 saturated carbocycles. The average Bonchev–Trinajstić information content (AvgIpc) is 2.40. The summed E-state index contributed by atoms with van der Waals surface area (Å²) in [4.78, 5) is 0. The maximum atomic E-state index is 5.74. The molecule has 0 amide bonds. The molecule has 1 heteroatoms. The zero-order valence-corrected chi connectivity index (χ0v) is 14.9. The topological polar surface area (TPSA) is 9.23 Å². The molecule has 1 atom stereocenters. The van der Waals surface area contributed by atoms with Crippen LogP contribution in [0.15, 0.2) is 0 Å². The van der Waals surface area contributed by atoms with Gasteiger partial charge in [-0.15, -0.1) is 0 Å². The molecule has 2 rings (SSSR count). The van der Waals surface area contributed by atoms with Gasteiger partial charge in [0, 0.05) is 0 Å². The lowest BCUT2D eigenvalue weighted by atomic mass is 9.82. The Balaban J connectivity index is 0.000000204. The molecule has 20 heavy (non-hydrogen) atoms. The van der Waals surface area contributed by atoms with Gasteiger partial charge in [0.1, 0.15) is 0 Å². The molecule has 0 aromatic carbocycles. The third-order valence-corrected chi connectivity index (χ3v) is 5.34. The van der Waals surface area contributed by atoms with E-state index in [-0.39, 0.29) is 5.60 Å². The highest BCUT2D eigenvalue weighted by atomic mass is 16.5. The number of hydrogen-bond donors (Lipinski definition) is 0. The zero-order valence-electron chi connectivity index (χ0n) is 14.9. The molecule has 1 unspecified atom stereocenters. The fourth-order valence-corrected chi connectivity index (χ4v) is 3.35. The highest BCUT2D eigenvalue weighted by Gasteiger charge is 2.28. The molecule has 0 aromatic heterocycles. The molecule has 1 nitrogen and oxygen atoms in total. The van der Waals surface area contributed by atoms with Crippen LogP contribution in [0.2, 0.25) is 0 Å². The minimum atomic E-state index is 0.144. The van der Waals surface area contributed by atoms with Gasteiger partial charge in [0.05, 0.1) is 12.2 Å². The van der Waals surface area contributed by atoms with Crippen molar-refractivity contribution in [2.24, 2.45) is 23.7 Å². The lowest BCUT2D eigenvalue weighted by Crippen LogP contribution is -2.35. The van der Waals surface area contributed by atoms with E-state index in [0.717, 1.165) is 30.3 Å². The molecule has 0 N–H and O–H groups in total. The Kier molecular flexibility index (Phi) is 7.58. The average molecular weight is 283 g/mol. The van der Waals surface area contributed by atoms with Crippen LogP contribution in [-0.4, -0.2) is 12.2 Å². The lowest BCUT2D eigenvalue weighted by molar-refractivity contribution is -0.0850. The van der Waals surface area contributed by atoms with E-state index in [1.54, 1.807) is 0 Å². The van der Waals surface area contributed by atoms with Gasteiger partial charge >= 0.3 is 0 Å². The molecular formula is C19H38O. The molecule has 0 spiro atoms. The third-order valence-electron chi connectivity index (χ3n) is 5.34. The maximum absolute atomic E-state index is 5.74. The van der Waals surface area contributed by atoms with E-state index in [1.165, 1.54) is 44.9 Å². The van der Waals surface area contributed by atoms with Crippen LogP contribution in [0, 0.1) is 23.7 Å². The monoisotopic (exact) mass is 282 g/mol. The van der Waals surface area contributed by atoms with Crippen LogP contribution < -0.4 is 0 Å². The van der Waals surface area contributed by atoms with Crippen LogP contribution in [0.3, 0.4) is 0 Å². The summed E-state index contributed by atoms with van der Waals surface area (Å²) in [6.07, 6.45) is 10.0. The van der Waals surface area contributed by atoms with Gasteiger partial charge in [-0.1, -0.05) is 59.8 Å². The standard InChI is InChI=1S/C10H20O.C9H18/c1-8(2)9-5-6-10(3,4)11-7-9;1-8(2)9-6-4-3-5-7-9/h8-9H,5-7H2,1-4H3;8-9H,3-7H2,1-2H3. The van der Waals surface area contributed by atoms with Crippen LogP contribution in [0.4, 0.5) is 0 Å². The summed E-state index contributed by atoms with van der Waals surface area (Å²) < 4.78 is 5.74. The van der Waals surface area contributed by atoms with Crippen LogP contribution in [-0.2, 0) is 4.74 Å². The molecule has 1 aliphatic heterocycles. The Morgan fingerprint density at radius 1 is 0.800 bits per heavy atom. The van der Waals surface area contributed by atoms with Crippen molar-refractivity contribution in [1.29, 1.82) is 0 Å². The van der Waals surface area contributed by atoms with Crippen molar-refractivity contribution in [2.45, 2.75) is 92.1 Å². The summed E-state index contributed by atoms with van der Waals surface area (Å²) in [5.41, 5.74) is 0.144. The Morgan fingerprint density at radius 3 is 1.70 bits per heavy atom. The van der Waals surface area contributed by atoms with E-state index >= 15 is 0 Å². The van der Waals surface area contributed by atoms with Crippen molar-refractivity contribution in [3.63, 3.8) is 0 Å². The number of ether oxygens (including phenoxy) is 1. The second-order valence-electron chi connectivity index (χ2n) is 8.26. The Hall–Kier alpha value is -0.0400. The fraction of sp³-hybridized carbons (Fsp3) is 1.00.